The van der Waals surface area contributed by atoms with Crippen molar-refractivity contribution in [1.82, 2.24) is 20.1 Å². The van der Waals surface area contributed by atoms with E-state index >= 15 is 0 Å². The molecule has 0 aliphatic carbocycles. The van der Waals surface area contributed by atoms with Crippen molar-refractivity contribution in [2.24, 2.45) is 5.92 Å². The highest BCUT2D eigenvalue weighted by Crippen LogP contribution is 2.31. The Morgan fingerprint density at radius 1 is 1.13 bits per heavy atom. The molecule has 3 aliphatic heterocycles. The van der Waals surface area contributed by atoms with Gasteiger partial charge in [0.15, 0.2) is 0 Å². The van der Waals surface area contributed by atoms with E-state index < -0.39 is 6.04 Å². The van der Waals surface area contributed by atoms with E-state index in [9.17, 15) is 14.4 Å². The zero-order chi connectivity index (χ0) is 21.5. The van der Waals surface area contributed by atoms with Crippen molar-refractivity contribution in [2.75, 3.05) is 13.1 Å². The number of benzene rings is 1. The highest BCUT2D eigenvalue weighted by atomic mass is 16.2. The van der Waals surface area contributed by atoms with Gasteiger partial charge in [-0.15, -0.1) is 0 Å². The molecule has 5 rings (SSSR count). The van der Waals surface area contributed by atoms with E-state index in [4.69, 9.17) is 0 Å². The molecule has 0 radical (unpaired) electrons. The largest absolute Gasteiger partial charge is 0.322 e. The maximum Gasteiger partial charge on any atom is 0.255 e. The van der Waals surface area contributed by atoms with Crippen LogP contribution in [0.3, 0.4) is 0 Å². The van der Waals surface area contributed by atoms with E-state index in [2.05, 4.69) is 34.3 Å². The summed E-state index contributed by atoms with van der Waals surface area (Å²) >= 11 is 0. The second-order valence-electron chi connectivity index (χ2n) is 8.95. The summed E-state index contributed by atoms with van der Waals surface area (Å²) < 4.78 is 0. The number of imide groups is 1. The third kappa shape index (κ3) is 3.85. The Morgan fingerprint density at radius 3 is 2.77 bits per heavy atom. The number of carbonyl (C=O) groups excluding carboxylic acids is 3. The Bertz CT molecular complexity index is 1070. The lowest BCUT2D eigenvalue weighted by molar-refractivity contribution is -0.136. The molecule has 1 N–H and O–H groups in total. The topological polar surface area (TPSA) is 82.6 Å². The molecule has 3 aliphatic rings. The minimum absolute atomic E-state index is 0.152. The highest BCUT2D eigenvalue weighted by Gasteiger charge is 2.39. The fourth-order valence-electron chi connectivity index (χ4n) is 4.89. The summed E-state index contributed by atoms with van der Waals surface area (Å²) in [7, 11) is 0. The standard InChI is InChI=1S/C24H26N4O3/c1-15-7-9-27(12-15)13-16-6-8-25-20(10-16)17-2-3-19-18(11-17)14-28(24(19)31)21-4-5-22(29)26-23(21)30/h2-3,6,8,10-11,15,21H,4-5,7,9,12-14H2,1H3,(H,26,29,30)/t15-,21?/m0/s1. The van der Waals surface area contributed by atoms with Crippen LogP contribution in [0.5, 0.6) is 0 Å². The van der Waals surface area contributed by atoms with Gasteiger partial charge in [0.25, 0.3) is 5.91 Å². The van der Waals surface area contributed by atoms with Crippen molar-refractivity contribution in [3.8, 4) is 11.3 Å². The van der Waals surface area contributed by atoms with Crippen LogP contribution in [0.4, 0.5) is 0 Å². The summed E-state index contributed by atoms with van der Waals surface area (Å²) in [4.78, 5) is 45.2. The molecule has 1 aromatic carbocycles. The number of carbonyl (C=O) groups is 3. The first kappa shape index (κ1) is 19.9. The van der Waals surface area contributed by atoms with Crippen molar-refractivity contribution in [2.45, 2.75) is 45.3 Å². The lowest BCUT2D eigenvalue weighted by Crippen LogP contribution is -2.52. The molecule has 0 saturated carbocycles. The smallest absolute Gasteiger partial charge is 0.255 e. The van der Waals surface area contributed by atoms with E-state index in [1.54, 1.807) is 4.90 Å². The third-order valence-corrected chi connectivity index (χ3v) is 6.56. The molecule has 7 nitrogen and oxygen atoms in total. The van der Waals surface area contributed by atoms with E-state index in [0.717, 1.165) is 42.4 Å². The number of rotatable bonds is 4. The molecule has 3 amide bonds. The summed E-state index contributed by atoms with van der Waals surface area (Å²) in [6, 6.07) is 9.35. The summed E-state index contributed by atoms with van der Waals surface area (Å²) in [6.45, 7) is 5.86. The second kappa shape index (κ2) is 7.89. The average molecular weight is 418 g/mol. The van der Waals surface area contributed by atoms with Gasteiger partial charge in [-0.1, -0.05) is 13.0 Å². The SMILES string of the molecule is C[C@H]1CCN(Cc2ccnc(-c3ccc4c(c3)CN(C3CCC(=O)NC3=O)C4=O)c2)C1. The number of hydrogen-bond donors (Lipinski definition) is 1. The van der Waals surface area contributed by atoms with Crippen LogP contribution in [-0.4, -0.2) is 51.6 Å². The molecular formula is C24H26N4O3. The maximum atomic E-state index is 12.9. The molecule has 160 valence electrons. The van der Waals surface area contributed by atoms with Crippen molar-refractivity contribution >= 4 is 17.7 Å². The zero-order valence-electron chi connectivity index (χ0n) is 17.6. The number of fused-ring (bicyclic) bond motifs is 1. The Kier molecular flexibility index (Phi) is 5.06. The van der Waals surface area contributed by atoms with E-state index in [0.29, 0.717) is 18.5 Å². The number of nitrogens with one attached hydrogen (secondary N) is 1. The molecule has 2 aromatic rings. The minimum atomic E-state index is -0.592. The van der Waals surface area contributed by atoms with E-state index in [-0.39, 0.29) is 24.1 Å². The quantitative estimate of drug-likeness (QED) is 0.771. The predicted octanol–water partition coefficient (Wildman–Crippen LogP) is 2.35. The fourth-order valence-corrected chi connectivity index (χ4v) is 4.89. The van der Waals surface area contributed by atoms with Crippen LogP contribution in [0, 0.1) is 5.92 Å². The maximum absolute atomic E-state index is 12.9. The van der Waals surface area contributed by atoms with Crippen LogP contribution in [0.15, 0.2) is 36.5 Å². The Morgan fingerprint density at radius 2 is 2.00 bits per heavy atom. The molecule has 31 heavy (non-hydrogen) atoms. The van der Waals surface area contributed by atoms with Gasteiger partial charge in [-0.3, -0.25) is 29.6 Å². The third-order valence-electron chi connectivity index (χ3n) is 6.56. The summed E-state index contributed by atoms with van der Waals surface area (Å²) in [6.07, 6.45) is 3.73. The molecule has 0 spiro atoms. The molecule has 1 unspecified atom stereocenters. The van der Waals surface area contributed by atoms with Gasteiger partial charge in [-0.2, -0.15) is 0 Å². The number of hydrogen-bond acceptors (Lipinski definition) is 5. The minimum Gasteiger partial charge on any atom is -0.322 e. The first-order chi connectivity index (χ1) is 15.0. The van der Waals surface area contributed by atoms with Crippen molar-refractivity contribution in [3.05, 3.63) is 53.2 Å². The number of aromatic nitrogens is 1. The van der Waals surface area contributed by atoms with Gasteiger partial charge in [-0.05, 0) is 60.7 Å². The molecule has 1 aromatic heterocycles. The molecule has 2 fully saturated rings. The zero-order valence-corrected chi connectivity index (χ0v) is 17.6. The number of pyridine rings is 1. The van der Waals surface area contributed by atoms with Crippen LogP contribution >= 0.6 is 0 Å². The van der Waals surface area contributed by atoms with Crippen LogP contribution in [0.2, 0.25) is 0 Å². The van der Waals surface area contributed by atoms with Crippen LogP contribution in [0.25, 0.3) is 11.3 Å². The van der Waals surface area contributed by atoms with Crippen LogP contribution in [0.1, 0.15) is 47.7 Å². The lowest BCUT2D eigenvalue weighted by Gasteiger charge is -2.29. The number of piperidine rings is 1. The van der Waals surface area contributed by atoms with Crippen molar-refractivity contribution in [3.63, 3.8) is 0 Å². The number of nitrogens with zero attached hydrogens (tertiary/aromatic N) is 3. The van der Waals surface area contributed by atoms with Gasteiger partial charge < -0.3 is 4.90 Å². The molecule has 4 heterocycles. The Balaban J connectivity index is 1.35. The van der Waals surface area contributed by atoms with Gasteiger partial charge in [0, 0.05) is 43.4 Å². The Labute approximate surface area is 181 Å². The normalized spacial score (nSPS) is 23.9. The number of likely N-dealkylation sites (tertiary alicyclic amines) is 1. The van der Waals surface area contributed by atoms with E-state index in [1.807, 2.05) is 24.4 Å². The van der Waals surface area contributed by atoms with Gasteiger partial charge in [0.05, 0.1) is 5.69 Å². The van der Waals surface area contributed by atoms with Crippen molar-refractivity contribution < 1.29 is 14.4 Å². The first-order valence-electron chi connectivity index (χ1n) is 10.9. The molecule has 2 saturated heterocycles. The van der Waals surface area contributed by atoms with Crippen molar-refractivity contribution in [1.29, 1.82) is 0 Å². The summed E-state index contributed by atoms with van der Waals surface area (Å²) in [5.41, 5.74) is 4.61. The first-order valence-corrected chi connectivity index (χ1v) is 10.9. The van der Waals surface area contributed by atoms with Gasteiger partial charge in [0.2, 0.25) is 11.8 Å². The Hall–Kier alpha value is -3.06. The second-order valence-corrected chi connectivity index (χ2v) is 8.95. The molecule has 0 bridgehead atoms. The lowest BCUT2D eigenvalue weighted by atomic mass is 10.0. The molecular weight excluding hydrogens is 392 g/mol. The van der Waals surface area contributed by atoms with Gasteiger partial charge in [-0.25, -0.2) is 0 Å². The summed E-state index contributed by atoms with van der Waals surface area (Å²) in [5.74, 6) is -0.0611. The van der Waals surface area contributed by atoms with E-state index in [1.165, 1.54) is 12.0 Å². The van der Waals surface area contributed by atoms with Gasteiger partial charge in [0.1, 0.15) is 6.04 Å². The average Bonchev–Trinajstić information content (AvgIpc) is 3.30. The van der Waals surface area contributed by atoms with Crippen LogP contribution in [-0.2, 0) is 22.7 Å². The molecule has 2 atom stereocenters. The molecule has 7 heteroatoms. The van der Waals surface area contributed by atoms with Gasteiger partial charge >= 0.3 is 0 Å². The number of amides is 3. The fraction of sp³-hybridized carbons (Fsp3) is 0.417. The predicted molar refractivity (Wildman–Crippen MR) is 115 cm³/mol. The highest BCUT2D eigenvalue weighted by molar-refractivity contribution is 6.05. The summed E-state index contributed by atoms with van der Waals surface area (Å²) in [5, 5.41) is 2.34. The monoisotopic (exact) mass is 418 g/mol. The van der Waals surface area contributed by atoms with Crippen LogP contribution < -0.4 is 5.32 Å².